The molecule has 88 valence electrons. The van der Waals surface area contributed by atoms with Crippen molar-refractivity contribution in [2.24, 2.45) is 0 Å². The van der Waals surface area contributed by atoms with Crippen LogP contribution < -0.4 is 0 Å². The summed E-state index contributed by atoms with van der Waals surface area (Å²) >= 11 is 4.72. The van der Waals surface area contributed by atoms with Crippen molar-refractivity contribution in [3.8, 4) is 0 Å². The fourth-order valence-electron chi connectivity index (χ4n) is 1.22. The van der Waals surface area contributed by atoms with E-state index in [1.165, 1.54) is 17.8 Å². The van der Waals surface area contributed by atoms with Crippen molar-refractivity contribution in [1.29, 1.82) is 0 Å². The van der Waals surface area contributed by atoms with E-state index in [1.54, 1.807) is 12.3 Å². The van der Waals surface area contributed by atoms with Crippen molar-refractivity contribution >= 4 is 27.7 Å². The first-order chi connectivity index (χ1) is 8.15. The molecule has 0 aliphatic carbocycles. The summed E-state index contributed by atoms with van der Waals surface area (Å²) in [6.07, 6.45) is 1.71. The van der Waals surface area contributed by atoms with Gasteiger partial charge in [-0.1, -0.05) is 0 Å². The second-order valence-corrected chi connectivity index (χ2v) is 5.30. The predicted molar refractivity (Wildman–Crippen MR) is 67.9 cm³/mol. The Hall–Kier alpha value is -0.940. The number of benzene rings is 1. The summed E-state index contributed by atoms with van der Waals surface area (Å²) in [4.78, 5) is 4.89. The summed E-state index contributed by atoms with van der Waals surface area (Å²) < 4.78 is 26.6. The Morgan fingerprint density at radius 1 is 1.12 bits per heavy atom. The molecule has 0 fully saturated rings. The Bertz CT molecular complexity index is 516. The van der Waals surface area contributed by atoms with Crippen molar-refractivity contribution in [2.75, 3.05) is 0 Å². The highest BCUT2D eigenvalue weighted by Gasteiger charge is 2.03. The standard InChI is InChI=1S/C12H8BrF2NS/c13-8-1-2-9(16-6-8)7-17-10-3-4-11(14)12(15)5-10/h1-6H,7H2. The van der Waals surface area contributed by atoms with E-state index >= 15 is 0 Å². The lowest BCUT2D eigenvalue weighted by molar-refractivity contribution is 0.506. The van der Waals surface area contributed by atoms with E-state index in [9.17, 15) is 8.78 Å². The van der Waals surface area contributed by atoms with Gasteiger partial charge in [0.1, 0.15) is 0 Å². The van der Waals surface area contributed by atoms with E-state index in [2.05, 4.69) is 20.9 Å². The minimum absolute atomic E-state index is 0.623. The molecule has 0 N–H and O–H groups in total. The van der Waals surface area contributed by atoms with Crippen molar-refractivity contribution in [1.82, 2.24) is 4.98 Å². The topological polar surface area (TPSA) is 12.9 Å². The van der Waals surface area contributed by atoms with Crippen LogP contribution in [0.15, 0.2) is 45.9 Å². The molecule has 1 nitrogen and oxygen atoms in total. The van der Waals surface area contributed by atoms with Gasteiger partial charge in [0, 0.05) is 21.3 Å². The number of hydrogen-bond donors (Lipinski definition) is 0. The van der Waals surface area contributed by atoms with Crippen molar-refractivity contribution in [3.63, 3.8) is 0 Å². The van der Waals surface area contributed by atoms with Gasteiger partial charge >= 0.3 is 0 Å². The number of thioether (sulfide) groups is 1. The van der Waals surface area contributed by atoms with Crippen LogP contribution in [0.25, 0.3) is 0 Å². The molecule has 2 rings (SSSR count). The zero-order valence-corrected chi connectivity index (χ0v) is 11.1. The first kappa shape index (κ1) is 12.5. The molecule has 0 amide bonds. The van der Waals surface area contributed by atoms with Gasteiger partial charge < -0.3 is 0 Å². The van der Waals surface area contributed by atoms with Gasteiger partial charge in [-0.3, -0.25) is 4.98 Å². The molecule has 0 saturated heterocycles. The summed E-state index contributed by atoms with van der Waals surface area (Å²) in [5.74, 6) is -1.02. The molecule has 0 atom stereocenters. The van der Waals surface area contributed by atoms with E-state index in [-0.39, 0.29) is 0 Å². The Kier molecular flexibility index (Phi) is 4.12. The van der Waals surface area contributed by atoms with E-state index in [1.807, 2.05) is 12.1 Å². The number of pyridine rings is 1. The molecule has 0 spiro atoms. The van der Waals surface area contributed by atoms with Gasteiger partial charge in [-0.2, -0.15) is 0 Å². The third-order valence-corrected chi connectivity index (χ3v) is 3.56. The third-order valence-electron chi connectivity index (χ3n) is 2.07. The molecule has 0 bridgehead atoms. The molecule has 2 aromatic rings. The fourth-order valence-corrected chi connectivity index (χ4v) is 2.29. The molecule has 0 aliphatic rings. The average Bonchev–Trinajstić information content (AvgIpc) is 2.33. The Morgan fingerprint density at radius 3 is 2.59 bits per heavy atom. The van der Waals surface area contributed by atoms with Crippen molar-refractivity contribution in [2.45, 2.75) is 10.6 Å². The minimum Gasteiger partial charge on any atom is -0.259 e. The maximum absolute atomic E-state index is 12.9. The van der Waals surface area contributed by atoms with Crippen LogP contribution in [-0.4, -0.2) is 4.98 Å². The molecule has 17 heavy (non-hydrogen) atoms. The van der Waals surface area contributed by atoms with Crippen LogP contribution in [0.5, 0.6) is 0 Å². The zero-order valence-electron chi connectivity index (χ0n) is 8.66. The van der Waals surface area contributed by atoms with Crippen LogP contribution in [-0.2, 0) is 5.75 Å². The predicted octanol–water partition coefficient (Wildman–Crippen LogP) is 4.41. The summed E-state index contributed by atoms with van der Waals surface area (Å²) in [6.45, 7) is 0. The number of aromatic nitrogens is 1. The number of halogens is 3. The van der Waals surface area contributed by atoms with Gasteiger partial charge in [-0.05, 0) is 46.3 Å². The number of rotatable bonds is 3. The third kappa shape index (κ3) is 3.51. The number of hydrogen-bond acceptors (Lipinski definition) is 2. The van der Waals surface area contributed by atoms with Gasteiger partial charge in [0.2, 0.25) is 0 Å². The van der Waals surface area contributed by atoms with Gasteiger partial charge in [0.15, 0.2) is 11.6 Å². The molecule has 0 radical (unpaired) electrons. The minimum atomic E-state index is -0.823. The highest BCUT2D eigenvalue weighted by molar-refractivity contribution is 9.10. The van der Waals surface area contributed by atoms with Crippen LogP contribution >= 0.6 is 27.7 Å². The Morgan fingerprint density at radius 2 is 1.94 bits per heavy atom. The zero-order chi connectivity index (χ0) is 12.3. The lowest BCUT2D eigenvalue weighted by atomic mass is 10.3. The highest BCUT2D eigenvalue weighted by atomic mass is 79.9. The van der Waals surface area contributed by atoms with Crippen LogP contribution in [0.4, 0.5) is 8.78 Å². The molecular formula is C12H8BrF2NS. The van der Waals surface area contributed by atoms with Crippen molar-refractivity contribution in [3.05, 3.63) is 58.3 Å². The first-order valence-electron chi connectivity index (χ1n) is 4.83. The Balaban J connectivity index is 2.02. The molecule has 1 heterocycles. The van der Waals surface area contributed by atoms with Crippen LogP contribution in [0.3, 0.4) is 0 Å². The molecule has 1 aromatic heterocycles. The van der Waals surface area contributed by atoms with E-state index in [0.717, 1.165) is 16.2 Å². The average molecular weight is 316 g/mol. The maximum atomic E-state index is 12.9. The molecule has 0 saturated carbocycles. The summed E-state index contributed by atoms with van der Waals surface area (Å²) in [5, 5.41) is 0. The quantitative estimate of drug-likeness (QED) is 0.778. The maximum Gasteiger partial charge on any atom is 0.159 e. The van der Waals surface area contributed by atoms with Gasteiger partial charge in [-0.15, -0.1) is 11.8 Å². The first-order valence-corrected chi connectivity index (χ1v) is 6.61. The molecule has 0 unspecified atom stereocenters. The smallest absolute Gasteiger partial charge is 0.159 e. The SMILES string of the molecule is Fc1ccc(SCc2ccc(Br)cn2)cc1F. The molecule has 1 aromatic carbocycles. The summed E-state index contributed by atoms with van der Waals surface area (Å²) in [5.41, 5.74) is 0.892. The van der Waals surface area contributed by atoms with Crippen LogP contribution in [0.2, 0.25) is 0 Å². The fraction of sp³-hybridized carbons (Fsp3) is 0.0833. The summed E-state index contributed by atoms with van der Waals surface area (Å²) in [6, 6.07) is 7.67. The lowest BCUT2D eigenvalue weighted by Gasteiger charge is -2.02. The Labute approximate surface area is 110 Å². The van der Waals surface area contributed by atoms with Gasteiger partial charge in [0.25, 0.3) is 0 Å². The van der Waals surface area contributed by atoms with E-state index < -0.39 is 11.6 Å². The van der Waals surface area contributed by atoms with Gasteiger partial charge in [-0.25, -0.2) is 8.78 Å². The van der Waals surface area contributed by atoms with E-state index in [4.69, 9.17) is 0 Å². The molecule has 0 aliphatic heterocycles. The normalized spacial score (nSPS) is 10.5. The molecular weight excluding hydrogens is 308 g/mol. The molecule has 5 heteroatoms. The second kappa shape index (κ2) is 5.60. The van der Waals surface area contributed by atoms with E-state index in [0.29, 0.717) is 10.6 Å². The monoisotopic (exact) mass is 315 g/mol. The van der Waals surface area contributed by atoms with Crippen LogP contribution in [0.1, 0.15) is 5.69 Å². The van der Waals surface area contributed by atoms with Crippen LogP contribution in [0, 0.1) is 11.6 Å². The summed E-state index contributed by atoms with van der Waals surface area (Å²) in [7, 11) is 0. The van der Waals surface area contributed by atoms with Gasteiger partial charge in [0.05, 0.1) is 5.69 Å². The van der Waals surface area contributed by atoms with Crippen molar-refractivity contribution < 1.29 is 8.78 Å². The lowest BCUT2D eigenvalue weighted by Crippen LogP contribution is -1.87. The largest absolute Gasteiger partial charge is 0.259 e. The second-order valence-electron chi connectivity index (χ2n) is 3.33. The number of nitrogens with zero attached hydrogens (tertiary/aromatic N) is 1. The highest BCUT2D eigenvalue weighted by Crippen LogP contribution is 2.23.